The molecule has 13 heteroatoms. The van der Waals surface area contributed by atoms with E-state index in [0.717, 1.165) is 0 Å². The molecule has 2 aromatic rings. The summed E-state index contributed by atoms with van der Waals surface area (Å²) in [6.45, 7) is -0.0842. The van der Waals surface area contributed by atoms with E-state index in [-0.39, 0.29) is 37.1 Å². The number of nitrogens with zero attached hydrogens (tertiary/aromatic N) is 4. The maximum Gasteiger partial charge on any atom is 0.573 e. The van der Waals surface area contributed by atoms with E-state index in [9.17, 15) is 22.8 Å². The molecule has 2 aromatic heterocycles. The van der Waals surface area contributed by atoms with Gasteiger partial charge in [0.05, 0.1) is 25.2 Å². The Labute approximate surface area is 199 Å². The van der Waals surface area contributed by atoms with E-state index >= 15 is 0 Å². The summed E-state index contributed by atoms with van der Waals surface area (Å²) in [4.78, 5) is 29.8. The molecule has 2 aliphatic rings. The predicted molar refractivity (Wildman–Crippen MR) is 117 cm³/mol. The average Bonchev–Trinajstić information content (AvgIpc) is 3.37. The monoisotopic (exact) mass is 539 g/mol. The summed E-state index contributed by atoms with van der Waals surface area (Å²) in [7, 11) is 1.43. The van der Waals surface area contributed by atoms with Crippen LogP contribution in [-0.2, 0) is 9.53 Å². The van der Waals surface area contributed by atoms with E-state index < -0.39 is 18.0 Å². The fourth-order valence-electron chi connectivity index (χ4n) is 3.35. The molecule has 0 unspecified atom stereocenters. The smallest absolute Gasteiger partial charge is 0.481 e. The molecule has 0 radical (unpaired) electrons. The summed E-state index contributed by atoms with van der Waals surface area (Å²) < 4.78 is 49.9. The Bertz CT molecular complexity index is 1240. The Morgan fingerprint density at radius 3 is 2.74 bits per heavy atom. The molecule has 34 heavy (non-hydrogen) atoms. The van der Waals surface area contributed by atoms with Gasteiger partial charge >= 0.3 is 6.36 Å². The lowest BCUT2D eigenvalue weighted by Crippen LogP contribution is -2.30. The molecule has 2 amide bonds. The number of hydrogen-bond acceptors (Lipinski definition) is 6. The highest BCUT2D eigenvalue weighted by Crippen LogP contribution is 2.32. The summed E-state index contributed by atoms with van der Waals surface area (Å²) in [5.41, 5.74) is 1.13. The summed E-state index contributed by atoms with van der Waals surface area (Å²) in [6.07, 6.45) is 0.964. The first-order chi connectivity index (χ1) is 16.1. The van der Waals surface area contributed by atoms with Gasteiger partial charge in [0.15, 0.2) is 5.69 Å². The molecule has 3 heterocycles. The highest BCUT2D eigenvalue weighted by atomic mass is 79.9. The Hall–Kier alpha value is -3.61. The molecular formula is C21H17BrF3N5O4. The third-order valence-electron chi connectivity index (χ3n) is 4.83. The summed E-state index contributed by atoms with van der Waals surface area (Å²) in [5, 5.41) is 6.93. The van der Waals surface area contributed by atoms with Crippen LogP contribution in [0.2, 0.25) is 0 Å². The maximum absolute atomic E-state index is 13.0. The second-order valence-electron chi connectivity index (χ2n) is 7.19. The third kappa shape index (κ3) is 5.30. The van der Waals surface area contributed by atoms with Gasteiger partial charge in [-0.25, -0.2) is 9.67 Å². The zero-order valence-electron chi connectivity index (χ0n) is 17.6. The van der Waals surface area contributed by atoms with Crippen molar-refractivity contribution >= 4 is 33.3 Å². The van der Waals surface area contributed by atoms with Crippen molar-refractivity contribution < 1.29 is 32.2 Å². The molecule has 0 atom stereocenters. The van der Waals surface area contributed by atoms with Gasteiger partial charge < -0.3 is 19.7 Å². The topological polar surface area (TPSA) is 98.6 Å². The van der Waals surface area contributed by atoms with Crippen LogP contribution < -0.4 is 10.1 Å². The molecule has 1 aliphatic carbocycles. The molecule has 0 spiro atoms. The highest BCUT2D eigenvalue weighted by molar-refractivity contribution is 9.11. The normalized spacial score (nSPS) is 16.3. The van der Waals surface area contributed by atoms with Crippen LogP contribution >= 0.6 is 15.9 Å². The van der Waals surface area contributed by atoms with Crippen LogP contribution in [0, 0.1) is 0 Å². The number of hydrogen-bond donors (Lipinski definition) is 1. The van der Waals surface area contributed by atoms with E-state index in [1.807, 2.05) is 0 Å². The Morgan fingerprint density at radius 2 is 2.06 bits per heavy atom. The molecule has 1 aliphatic heterocycles. The van der Waals surface area contributed by atoms with Crippen molar-refractivity contribution in [3.8, 4) is 11.6 Å². The second-order valence-corrected chi connectivity index (χ2v) is 8.21. The predicted octanol–water partition coefficient (Wildman–Crippen LogP) is 3.29. The van der Waals surface area contributed by atoms with Crippen LogP contribution in [0.1, 0.15) is 22.6 Å². The molecule has 4 rings (SSSR count). The van der Waals surface area contributed by atoms with Gasteiger partial charge in [0.1, 0.15) is 12.3 Å². The van der Waals surface area contributed by atoms with Gasteiger partial charge in [0, 0.05) is 22.3 Å². The first-order valence-electron chi connectivity index (χ1n) is 9.83. The SMILES string of the molecule is COc1cc(-n2nc(C(=O)N3CNC(=O)C3)cc2C2=CCC(Br)=CC(OC(F)(F)F)=C2)ccn1. The number of pyridine rings is 1. The molecular weight excluding hydrogens is 523 g/mol. The first kappa shape index (κ1) is 23.5. The number of halogens is 4. The molecule has 178 valence electrons. The van der Waals surface area contributed by atoms with Crippen LogP contribution in [0.25, 0.3) is 11.3 Å². The lowest BCUT2D eigenvalue weighted by molar-refractivity contribution is -0.303. The van der Waals surface area contributed by atoms with E-state index in [1.165, 1.54) is 41.1 Å². The van der Waals surface area contributed by atoms with E-state index in [1.54, 1.807) is 18.2 Å². The minimum atomic E-state index is -4.89. The molecule has 1 N–H and O–H groups in total. The van der Waals surface area contributed by atoms with E-state index in [0.29, 0.717) is 21.4 Å². The second kappa shape index (κ2) is 9.33. The van der Waals surface area contributed by atoms with Crippen molar-refractivity contribution in [3.63, 3.8) is 0 Å². The number of methoxy groups -OCH3 is 1. The van der Waals surface area contributed by atoms with E-state index in [2.05, 4.69) is 36.1 Å². The molecule has 9 nitrogen and oxygen atoms in total. The minimum Gasteiger partial charge on any atom is -0.481 e. The number of rotatable bonds is 5. The van der Waals surface area contributed by atoms with Crippen molar-refractivity contribution in [3.05, 3.63) is 64.3 Å². The molecule has 0 bridgehead atoms. The summed E-state index contributed by atoms with van der Waals surface area (Å²) in [5.74, 6) is -0.975. The molecule has 0 saturated carbocycles. The minimum absolute atomic E-state index is 0.00569. The molecule has 0 aromatic carbocycles. The summed E-state index contributed by atoms with van der Waals surface area (Å²) in [6, 6.07) is 4.62. The Balaban J connectivity index is 1.81. The lowest BCUT2D eigenvalue weighted by atomic mass is 10.1. The van der Waals surface area contributed by atoms with Gasteiger partial charge in [-0.3, -0.25) is 9.59 Å². The zero-order chi connectivity index (χ0) is 24.5. The number of carbonyl (C=O) groups excluding carboxylic acids is 2. The van der Waals surface area contributed by atoms with Crippen LogP contribution in [-0.4, -0.2) is 58.2 Å². The van der Waals surface area contributed by atoms with Crippen molar-refractivity contribution in [1.82, 2.24) is 25.0 Å². The van der Waals surface area contributed by atoms with Gasteiger partial charge in [-0.2, -0.15) is 5.10 Å². The van der Waals surface area contributed by atoms with Gasteiger partial charge in [0.2, 0.25) is 11.8 Å². The fraction of sp³-hybridized carbons (Fsp3) is 0.238. The number of allylic oxidation sites excluding steroid dienone is 5. The van der Waals surface area contributed by atoms with Crippen LogP contribution in [0.4, 0.5) is 13.2 Å². The first-order valence-corrected chi connectivity index (χ1v) is 10.6. The fourth-order valence-corrected chi connectivity index (χ4v) is 3.74. The van der Waals surface area contributed by atoms with E-state index in [4.69, 9.17) is 4.74 Å². The van der Waals surface area contributed by atoms with Crippen LogP contribution in [0.15, 0.2) is 52.9 Å². The van der Waals surface area contributed by atoms with Gasteiger partial charge in [-0.05, 0) is 30.7 Å². The van der Waals surface area contributed by atoms with Crippen LogP contribution in [0.5, 0.6) is 5.88 Å². The van der Waals surface area contributed by atoms with Crippen molar-refractivity contribution in [2.45, 2.75) is 12.8 Å². The lowest BCUT2D eigenvalue weighted by Gasteiger charge is -2.12. The number of carbonyl (C=O) groups is 2. The van der Waals surface area contributed by atoms with Crippen molar-refractivity contribution in [2.24, 2.45) is 0 Å². The van der Waals surface area contributed by atoms with Crippen molar-refractivity contribution in [1.29, 1.82) is 0 Å². The molecule has 1 fully saturated rings. The number of aromatic nitrogens is 3. The van der Waals surface area contributed by atoms with Crippen LogP contribution in [0.3, 0.4) is 0 Å². The Morgan fingerprint density at radius 1 is 1.26 bits per heavy atom. The zero-order valence-corrected chi connectivity index (χ0v) is 19.2. The largest absolute Gasteiger partial charge is 0.573 e. The van der Waals surface area contributed by atoms with Gasteiger partial charge in [0.25, 0.3) is 5.91 Å². The van der Waals surface area contributed by atoms with Gasteiger partial charge in [-0.1, -0.05) is 22.0 Å². The summed E-state index contributed by atoms with van der Waals surface area (Å²) >= 11 is 3.23. The number of nitrogens with one attached hydrogen (secondary N) is 1. The quantitative estimate of drug-likeness (QED) is 0.626. The third-order valence-corrected chi connectivity index (χ3v) is 5.39. The maximum atomic E-state index is 13.0. The van der Waals surface area contributed by atoms with Crippen molar-refractivity contribution in [2.75, 3.05) is 20.3 Å². The number of amides is 2. The van der Waals surface area contributed by atoms with Gasteiger partial charge in [-0.15, -0.1) is 13.2 Å². The highest BCUT2D eigenvalue weighted by Gasteiger charge is 2.32. The number of alkyl halides is 3. The molecule has 1 saturated heterocycles. The Kier molecular flexibility index (Phi) is 6.46. The standard InChI is InChI=1S/C21H17BrF3N5O4/c1-33-19-8-14(4-5-26-19)30-17(9-16(28-30)20(32)29-10-18(31)27-11-29)12-2-3-13(22)7-15(6-12)34-21(23,24)25/h2,4-9H,3,10-11H2,1H3,(H,27,31). The average molecular weight is 540 g/mol. The number of ether oxygens (including phenoxy) is 2.